The molecular weight excluding hydrogens is 124 g/mol. The number of rotatable bonds is 0. The van der Waals surface area contributed by atoms with E-state index in [0.717, 1.165) is 12.1 Å². The molecule has 0 aliphatic carbocycles. The molecule has 1 unspecified atom stereocenters. The molecule has 0 saturated carbocycles. The van der Waals surface area contributed by atoms with Crippen LogP contribution in [0, 0.1) is 0 Å². The molecule has 1 N–H and O–H groups in total. The summed E-state index contributed by atoms with van der Waals surface area (Å²) in [5, 5.41) is 3.64. The first-order valence-electron chi connectivity index (χ1n) is 4.29. The Kier molecular flexibility index (Phi) is 1.66. The van der Waals surface area contributed by atoms with E-state index in [1.54, 1.807) is 0 Å². The first-order valence-corrected chi connectivity index (χ1v) is 4.29. The largest absolute Gasteiger partial charge is 0.310 e. The molecule has 0 radical (unpaired) electrons. The van der Waals surface area contributed by atoms with Crippen molar-refractivity contribution in [1.82, 2.24) is 10.2 Å². The highest BCUT2D eigenvalue weighted by atomic mass is 15.2. The fourth-order valence-electron chi connectivity index (χ4n) is 2.12. The number of hydrogen-bond acceptors (Lipinski definition) is 2. The Balaban J connectivity index is 1.99. The summed E-state index contributed by atoms with van der Waals surface area (Å²) < 4.78 is 0. The van der Waals surface area contributed by atoms with E-state index in [1.807, 2.05) is 0 Å². The van der Waals surface area contributed by atoms with Crippen LogP contribution in [0.1, 0.15) is 19.3 Å². The molecule has 2 saturated heterocycles. The third-order valence-electron chi connectivity index (χ3n) is 2.73. The standard InChI is InChI=1S/C8H16N2/c1-10-5-4-7-2-3-8(6-10)9-7/h7-9H,2-6H2,1H3/t7-,8?/m1/s1. The molecule has 0 aromatic heterocycles. The maximum atomic E-state index is 3.64. The third-order valence-corrected chi connectivity index (χ3v) is 2.73. The Labute approximate surface area is 62.6 Å². The molecule has 2 aliphatic rings. The first-order chi connectivity index (χ1) is 4.84. The second kappa shape index (κ2) is 2.51. The quantitative estimate of drug-likeness (QED) is 0.525. The molecule has 2 aliphatic heterocycles. The lowest BCUT2D eigenvalue weighted by Crippen LogP contribution is -2.33. The lowest BCUT2D eigenvalue weighted by atomic mass is 10.1. The van der Waals surface area contributed by atoms with Crippen molar-refractivity contribution in [2.45, 2.75) is 31.3 Å². The van der Waals surface area contributed by atoms with Crippen molar-refractivity contribution in [3.63, 3.8) is 0 Å². The topological polar surface area (TPSA) is 15.3 Å². The summed E-state index contributed by atoms with van der Waals surface area (Å²) in [6.07, 6.45) is 4.17. The number of fused-ring (bicyclic) bond motifs is 2. The molecule has 2 heterocycles. The number of hydrogen-bond donors (Lipinski definition) is 1. The Morgan fingerprint density at radius 2 is 2.00 bits per heavy atom. The average Bonchev–Trinajstić information content (AvgIpc) is 2.22. The summed E-state index contributed by atoms with van der Waals surface area (Å²) >= 11 is 0. The van der Waals surface area contributed by atoms with Gasteiger partial charge in [0.15, 0.2) is 0 Å². The van der Waals surface area contributed by atoms with Crippen LogP contribution in [0.15, 0.2) is 0 Å². The summed E-state index contributed by atoms with van der Waals surface area (Å²) in [5.41, 5.74) is 0. The van der Waals surface area contributed by atoms with Gasteiger partial charge in [0.25, 0.3) is 0 Å². The minimum absolute atomic E-state index is 0.803. The highest BCUT2D eigenvalue weighted by Crippen LogP contribution is 2.18. The predicted molar refractivity (Wildman–Crippen MR) is 42.1 cm³/mol. The van der Waals surface area contributed by atoms with Crippen LogP contribution in [0.3, 0.4) is 0 Å². The van der Waals surface area contributed by atoms with E-state index in [-0.39, 0.29) is 0 Å². The average molecular weight is 140 g/mol. The lowest BCUT2D eigenvalue weighted by molar-refractivity contribution is 0.313. The molecule has 0 aromatic carbocycles. The van der Waals surface area contributed by atoms with Crippen molar-refractivity contribution < 1.29 is 0 Å². The van der Waals surface area contributed by atoms with Gasteiger partial charge in [-0.3, -0.25) is 0 Å². The Hall–Kier alpha value is -0.0800. The van der Waals surface area contributed by atoms with Gasteiger partial charge in [-0.2, -0.15) is 0 Å². The van der Waals surface area contributed by atoms with Crippen molar-refractivity contribution in [3.05, 3.63) is 0 Å². The van der Waals surface area contributed by atoms with E-state index in [4.69, 9.17) is 0 Å². The van der Waals surface area contributed by atoms with Gasteiger partial charge < -0.3 is 10.2 Å². The third kappa shape index (κ3) is 1.18. The van der Waals surface area contributed by atoms with Crippen molar-refractivity contribution >= 4 is 0 Å². The van der Waals surface area contributed by atoms with Crippen LogP contribution in [0.2, 0.25) is 0 Å². The molecule has 2 fully saturated rings. The zero-order valence-electron chi connectivity index (χ0n) is 6.64. The van der Waals surface area contributed by atoms with Gasteiger partial charge in [0, 0.05) is 18.6 Å². The maximum absolute atomic E-state index is 3.64. The van der Waals surface area contributed by atoms with Crippen LogP contribution in [-0.2, 0) is 0 Å². The summed E-state index contributed by atoms with van der Waals surface area (Å²) in [5.74, 6) is 0. The van der Waals surface area contributed by atoms with Gasteiger partial charge in [-0.1, -0.05) is 0 Å². The van der Waals surface area contributed by atoms with Gasteiger partial charge in [0.1, 0.15) is 0 Å². The molecule has 0 amide bonds. The summed E-state index contributed by atoms with van der Waals surface area (Å²) in [6.45, 7) is 2.55. The number of nitrogens with one attached hydrogen (secondary N) is 1. The second-order valence-electron chi connectivity index (χ2n) is 3.69. The van der Waals surface area contributed by atoms with Crippen LogP contribution in [0.4, 0.5) is 0 Å². The number of nitrogens with zero attached hydrogens (tertiary/aromatic N) is 1. The molecule has 10 heavy (non-hydrogen) atoms. The molecule has 2 heteroatoms. The van der Waals surface area contributed by atoms with Gasteiger partial charge >= 0.3 is 0 Å². The van der Waals surface area contributed by atoms with Gasteiger partial charge in [0.05, 0.1) is 0 Å². The monoisotopic (exact) mass is 140 g/mol. The Morgan fingerprint density at radius 1 is 1.20 bits per heavy atom. The van der Waals surface area contributed by atoms with Crippen LogP contribution < -0.4 is 5.32 Å². The second-order valence-corrected chi connectivity index (χ2v) is 3.69. The van der Waals surface area contributed by atoms with Crippen molar-refractivity contribution in [2.75, 3.05) is 20.1 Å². The SMILES string of the molecule is CN1CC[C@H]2CCC(C1)N2. The molecule has 2 atom stereocenters. The van der Waals surface area contributed by atoms with Gasteiger partial charge in [-0.15, -0.1) is 0 Å². The minimum atomic E-state index is 0.803. The Bertz CT molecular complexity index is 124. The van der Waals surface area contributed by atoms with E-state index < -0.39 is 0 Å². The Morgan fingerprint density at radius 3 is 2.90 bits per heavy atom. The number of likely N-dealkylation sites (N-methyl/N-ethyl adjacent to an activating group) is 1. The molecule has 2 nitrogen and oxygen atoms in total. The van der Waals surface area contributed by atoms with E-state index >= 15 is 0 Å². The van der Waals surface area contributed by atoms with Crippen LogP contribution >= 0.6 is 0 Å². The molecule has 0 spiro atoms. The van der Waals surface area contributed by atoms with Crippen LogP contribution in [0.25, 0.3) is 0 Å². The lowest BCUT2D eigenvalue weighted by Gasteiger charge is -2.17. The first kappa shape index (κ1) is 6.62. The van der Waals surface area contributed by atoms with Gasteiger partial charge in [-0.05, 0) is 32.9 Å². The smallest absolute Gasteiger partial charge is 0.0198 e. The highest BCUT2D eigenvalue weighted by Gasteiger charge is 2.27. The highest BCUT2D eigenvalue weighted by molar-refractivity contribution is 4.88. The van der Waals surface area contributed by atoms with Crippen molar-refractivity contribution in [3.8, 4) is 0 Å². The normalized spacial score (nSPS) is 41.7. The van der Waals surface area contributed by atoms with Crippen LogP contribution in [-0.4, -0.2) is 37.1 Å². The molecule has 2 rings (SSSR count). The van der Waals surface area contributed by atoms with Crippen molar-refractivity contribution in [1.29, 1.82) is 0 Å². The zero-order valence-corrected chi connectivity index (χ0v) is 6.64. The molecule has 2 bridgehead atoms. The predicted octanol–water partition coefficient (Wildman–Crippen LogP) is 0.442. The van der Waals surface area contributed by atoms with E-state index in [2.05, 4.69) is 17.3 Å². The van der Waals surface area contributed by atoms with E-state index in [9.17, 15) is 0 Å². The van der Waals surface area contributed by atoms with Gasteiger partial charge in [0.2, 0.25) is 0 Å². The van der Waals surface area contributed by atoms with E-state index in [0.29, 0.717) is 0 Å². The van der Waals surface area contributed by atoms with E-state index in [1.165, 1.54) is 32.4 Å². The van der Waals surface area contributed by atoms with Crippen LogP contribution in [0.5, 0.6) is 0 Å². The fraction of sp³-hybridized carbons (Fsp3) is 1.00. The fourth-order valence-corrected chi connectivity index (χ4v) is 2.12. The minimum Gasteiger partial charge on any atom is -0.310 e. The van der Waals surface area contributed by atoms with Crippen molar-refractivity contribution in [2.24, 2.45) is 0 Å². The maximum Gasteiger partial charge on any atom is 0.0198 e. The molecule has 58 valence electrons. The summed E-state index contributed by atoms with van der Waals surface area (Å²) in [4.78, 5) is 2.44. The molecule has 0 aromatic rings. The van der Waals surface area contributed by atoms with Gasteiger partial charge in [-0.25, -0.2) is 0 Å². The zero-order chi connectivity index (χ0) is 6.97. The number of likely N-dealkylation sites (tertiary alicyclic amines) is 1. The summed E-state index contributed by atoms with van der Waals surface area (Å²) in [7, 11) is 2.22. The summed E-state index contributed by atoms with van der Waals surface area (Å²) in [6, 6.07) is 1.65. The molecular formula is C8H16N2.